The number of sulfone groups is 2. The number of hydrogen-bond acceptors (Lipinski definition) is 6. The van der Waals surface area contributed by atoms with Crippen molar-refractivity contribution in [1.29, 1.82) is 5.26 Å². The van der Waals surface area contributed by atoms with E-state index >= 15 is 0 Å². The molecule has 0 radical (unpaired) electrons. The van der Waals surface area contributed by atoms with Crippen LogP contribution in [0.5, 0.6) is 0 Å². The molecule has 0 bridgehead atoms. The molecule has 0 saturated heterocycles. The first kappa shape index (κ1) is 22.2. The summed E-state index contributed by atoms with van der Waals surface area (Å²) in [6.07, 6.45) is -0.514. The fraction of sp³-hybridized carbons (Fsp3) is 0.0909. The van der Waals surface area contributed by atoms with E-state index in [0.29, 0.717) is 0 Å². The Hall–Kier alpha value is -3.48. The molecule has 158 valence electrons. The van der Waals surface area contributed by atoms with Crippen LogP contribution in [0.3, 0.4) is 0 Å². The minimum atomic E-state index is -4.07. The van der Waals surface area contributed by atoms with Crippen molar-refractivity contribution in [2.45, 2.75) is 32.9 Å². The third kappa shape index (κ3) is 4.66. The van der Waals surface area contributed by atoms with E-state index in [2.05, 4.69) is 5.32 Å². The van der Waals surface area contributed by atoms with E-state index in [0.717, 1.165) is 17.7 Å². The van der Waals surface area contributed by atoms with Crippen molar-refractivity contribution in [2.75, 3.05) is 5.32 Å². The Labute approximate surface area is 180 Å². The summed E-state index contributed by atoms with van der Waals surface area (Å²) in [4.78, 5) is 11.6. The zero-order valence-electron chi connectivity index (χ0n) is 16.4. The summed E-state index contributed by atoms with van der Waals surface area (Å²) < 4.78 is 52.2. The molecule has 0 fully saturated rings. The van der Waals surface area contributed by atoms with Gasteiger partial charge >= 0.3 is 0 Å². The van der Waals surface area contributed by atoms with Crippen molar-refractivity contribution >= 4 is 31.3 Å². The van der Waals surface area contributed by atoms with Crippen LogP contribution in [0.15, 0.2) is 92.4 Å². The number of hydrogen-bond donors (Lipinski definition) is 1. The van der Waals surface area contributed by atoms with Gasteiger partial charge in [0.15, 0.2) is 0 Å². The predicted molar refractivity (Wildman–Crippen MR) is 114 cm³/mol. The normalized spacial score (nSPS) is 11.5. The fourth-order valence-corrected chi connectivity index (χ4v) is 5.56. The zero-order valence-corrected chi connectivity index (χ0v) is 18.1. The molecule has 0 aromatic heterocycles. The maximum absolute atomic E-state index is 13.2. The van der Waals surface area contributed by atoms with E-state index in [1.54, 1.807) is 36.4 Å². The van der Waals surface area contributed by atoms with Crippen molar-refractivity contribution in [1.82, 2.24) is 0 Å². The molecule has 3 aromatic carbocycles. The Kier molecular flexibility index (Phi) is 6.24. The van der Waals surface area contributed by atoms with Crippen LogP contribution in [-0.4, -0.2) is 22.7 Å². The highest BCUT2D eigenvalue weighted by Gasteiger charge is 2.26. The van der Waals surface area contributed by atoms with Crippen molar-refractivity contribution < 1.29 is 21.6 Å². The third-order valence-corrected chi connectivity index (χ3v) is 8.04. The lowest BCUT2D eigenvalue weighted by molar-refractivity contribution is -0.115. The van der Waals surface area contributed by atoms with Crippen LogP contribution in [0.4, 0.5) is 5.69 Å². The molecule has 0 atom stereocenters. The first-order valence-electron chi connectivity index (χ1n) is 9.09. The first-order chi connectivity index (χ1) is 14.7. The van der Waals surface area contributed by atoms with E-state index in [1.807, 2.05) is 6.92 Å². The molecule has 0 aliphatic rings. The van der Waals surface area contributed by atoms with Gasteiger partial charge in [-0.25, -0.2) is 16.8 Å². The highest BCUT2D eigenvalue weighted by molar-refractivity contribution is 7.92. The summed E-state index contributed by atoms with van der Waals surface area (Å²) in [7, 11) is -8.02. The van der Waals surface area contributed by atoms with Crippen LogP contribution in [0.1, 0.15) is 12.0 Å². The summed E-state index contributed by atoms with van der Waals surface area (Å²) in [5, 5.41) is 11.1. The topological polar surface area (TPSA) is 121 Å². The molecule has 31 heavy (non-hydrogen) atoms. The summed E-state index contributed by atoms with van der Waals surface area (Å²) in [6, 6.07) is 18.9. The maximum Gasteiger partial charge on any atom is 0.238 e. The molecule has 7 nitrogen and oxygen atoms in total. The van der Waals surface area contributed by atoms with Gasteiger partial charge in [-0.2, -0.15) is 5.26 Å². The van der Waals surface area contributed by atoms with Gasteiger partial charge in [-0.05, 0) is 49.4 Å². The number of rotatable bonds is 6. The number of benzene rings is 3. The molecule has 0 spiro atoms. The number of nitriles is 1. The molecular formula is C22H18N2O5S2. The quantitative estimate of drug-likeness (QED) is 0.608. The molecule has 0 unspecified atom stereocenters. The van der Waals surface area contributed by atoms with Crippen LogP contribution < -0.4 is 5.32 Å². The standard InChI is InChI=1S/C22H18N2O5S2/c1-16-7-9-18(10-8-16)31(28,29)21-12-11-19(15-20(21)24-22(25)13-14-23)30(26,27)17-5-3-2-4-6-17/h2-12,15H,13H2,1H3,(H,24,25). The van der Waals surface area contributed by atoms with Gasteiger partial charge < -0.3 is 5.32 Å². The van der Waals surface area contributed by atoms with Gasteiger partial charge in [0.05, 0.1) is 31.3 Å². The number of nitrogens with zero attached hydrogens (tertiary/aromatic N) is 1. The zero-order chi connectivity index (χ0) is 22.6. The van der Waals surface area contributed by atoms with Crippen molar-refractivity contribution in [2.24, 2.45) is 0 Å². The molecular weight excluding hydrogens is 436 g/mol. The minimum absolute atomic E-state index is 0.00690. The van der Waals surface area contributed by atoms with Crippen LogP contribution in [0.25, 0.3) is 0 Å². The molecule has 9 heteroatoms. The molecule has 0 saturated carbocycles. The lowest BCUT2D eigenvalue weighted by Crippen LogP contribution is -2.15. The Morgan fingerprint density at radius 3 is 2.03 bits per heavy atom. The lowest BCUT2D eigenvalue weighted by Gasteiger charge is -2.14. The van der Waals surface area contributed by atoms with E-state index in [9.17, 15) is 21.6 Å². The Morgan fingerprint density at radius 1 is 0.839 bits per heavy atom. The molecule has 0 heterocycles. The number of nitrogens with one attached hydrogen (secondary N) is 1. The highest BCUT2D eigenvalue weighted by atomic mass is 32.2. The van der Waals surface area contributed by atoms with Gasteiger partial charge in [0.1, 0.15) is 6.42 Å². The first-order valence-corrected chi connectivity index (χ1v) is 12.1. The Bertz CT molecular complexity index is 1370. The lowest BCUT2D eigenvalue weighted by atomic mass is 10.2. The average molecular weight is 455 g/mol. The molecule has 1 amide bonds. The monoisotopic (exact) mass is 454 g/mol. The summed E-state index contributed by atoms with van der Waals surface area (Å²) in [6.45, 7) is 1.81. The predicted octanol–water partition coefficient (Wildman–Crippen LogP) is 3.51. The number of aryl methyl sites for hydroxylation is 1. The largest absolute Gasteiger partial charge is 0.324 e. The number of anilines is 1. The maximum atomic E-state index is 13.2. The highest BCUT2D eigenvalue weighted by Crippen LogP contribution is 2.32. The van der Waals surface area contributed by atoms with Gasteiger partial charge in [-0.3, -0.25) is 4.79 Å². The minimum Gasteiger partial charge on any atom is -0.324 e. The number of amides is 1. The van der Waals surface area contributed by atoms with Gasteiger partial charge in [0, 0.05) is 0 Å². The van der Waals surface area contributed by atoms with Gasteiger partial charge in [0.2, 0.25) is 25.6 Å². The van der Waals surface area contributed by atoms with Gasteiger partial charge in [-0.1, -0.05) is 35.9 Å². The molecule has 3 rings (SSSR count). The van der Waals surface area contributed by atoms with Gasteiger partial charge in [0.25, 0.3) is 0 Å². The van der Waals surface area contributed by atoms with E-state index in [4.69, 9.17) is 5.26 Å². The summed E-state index contributed by atoms with van der Waals surface area (Å²) >= 11 is 0. The van der Waals surface area contributed by atoms with E-state index < -0.39 is 32.0 Å². The second-order valence-electron chi connectivity index (χ2n) is 6.67. The van der Waals surface area contributed by atoms with Crippen LogP contribution in [-0.2, 0) is 24.5 Å². The molecule has 0 aliphatic heterocycles. The molecule has 3 aromatic rings. The Balaban J connectivity index is 2.17. The fourth-order valence-electron chi connectivity index (χ4n) is 2.85. The Morgan fingerprint density at radius 2 is 1.42 bits per heavy atom. The van der Waals surface area contributed by atoms with Crippen LogP contribution in [0.2, 0.25) is 0 Å². The van der Waals surface area contributed by atoms with E-state index in [1.165, 1.54) is 30.3 Å². The molecule has 0 aliphatic carbocycles. The van der Waals surface area contributed by atoms with Crippen molar-refractivity contribution in [3.05, 3.63) is 78.4 Å². The van der Waals surface area contributed by atoms with Crippen molar-refractivity contribution in [3.63, 3.8) is 0 Å². The number of carbonyl (C=O) groups excluding carboxylic acids is 1. The van der Waals surface area contributed by atoms with Crippen LogP contribution in [0, 0.1) is 18.3 Å². The SMILES string of the molecule is Cc1ccc(S(=O)(=O)c2ccc(S(=O)(=O)c3ccccc3)cc2NC(=O)CC#N)cc1. The number of carbonyl (C=O) groups is 1. The van der Waals surface area contributed by atoms with E-state index in [-0.39, 0.29) is 25.3 Å². The average Bonchev–Trinajstić information content (AvgIpc) is 2.74. The third-order valence-electron chi connectivity index (χ3n) is 4.45. The smallest absolute Gasteiger partial charge is 0.238 e. The van der Waals surface area contributed by atoms with Crippen LogP contribution >= 0.6 is 0 Å². The second kappa shape index (κ2) is 8.71. The molecule has 1 N–H and O–H groups in total. The van der Waals surface area contributed by atoms with Gasteiger partial charge in [-0.15, -0.1) is 0 Å². The second-order valence-corrected chi connectivity index (χ2v) is 10.5. The van der Waals surface area contributed by atoms with Crippen molar-refractivity contribution in [3.8, 4) is 6.07 Å². The summed E-state index contributed by atoms with van der Waals surface area (Å²) in [5.41, 5.74) is 0.656. The summed E-state index contributed by atoms with van der Waals surface area (Å²) in [5.74, 6) is -0.753.